The third-order valence-electron chi connectivity index (χ3n) is 3.51. The topological polar surface area (TPSA) is 93.1 Å². The van der Waals surface area contributed by atoms with Crippen LogP contribution in [-0.4, -0.2) is 29.4 Å². The van der Waals surface area contributed by atoms with E-state index in [-0.39, 0.29) is 40.5 Å². The predicted molar refractivity (Wildman–Crippen MR) is 76.3 cm³/mol. The zero-order valence-corrected chi connectivity index (χ0v) is 11.6. The summed E-state index contributed by atoms with van der Waals surface area (Å²) in [5, 5.41) is 20.2. The van der Waals surface area contributed by atoms with E-state index in [0.29, 0.717) is 11.8 Å². The summed E-state index contributed by atoms with van der Waals surface area (Å²) in [5.74, 6) is -1.24. The third-order valence-corrected chi connectivity index (χ3v) is 3.51. The number of para-hydroxylation sites is 1. The fourth-order valence-electron chi connectivity index (χ4n) is 2.46. The molecule has 22 heavy (non-hydrogen) atoms. The van der Waals surface area contributed by atoms with Crippen molar-refractivity contribution in [1.82, 2.24) is 0 Å². The van der Waals surface area contributed by atoms with Crippen LogP contribution in [0.25, 0.3) is 0 Å². The van der Waals surface area contributed by atoms with Crippen LogP contribution in [0.15, 0.2) is 24.3 Å². The number of rotatable bonds is 2. The SMILES string of the molecule is COc1cc(O)c2c(c1O)Oc1c(C=O)cccc1CC2=O. The average molecular weight is 300 g/mol. The summed E-state index contributed by atoms with van der Waals surface area (Å²) < 4.78 is 10.5. The first-order valence-corrected chi connectivity index (χ1v) is 6.47. The summed E-state index contributed by atoms with van der Waals surface area (Å²) in [6.45, 7) is 0. The van der Waals surface area contributed by atoms with E-state index >= 15 is 0 Å². The molecule has 0 saturated heterocycles. The van der Waals surface area contributed by atoms with Gasteiger partial charge in [-0.15, -0.1) is 0 Å². The zero-order chi connectivity index (χ0) is 15.9. The fraction of sp³-hybridized carbons (Fsp3) is 0.125. The van der Waals surface area contributed by atoms with Crippen molar-refractivity contribution in [3.63, 3.8) is 0 Å². The second kappa shape index (κ2) is 5.07. The van der Waals surface area contributed by atoms with Crippen molar-refractivity contribution in [1.29, 1.82) is 0 Å². The van der Waals surface area contributed by atoms with Crippen molar-refractivity contribution in [3.8, 4) is 28.7 Å². The minimum Gasteiger partial charge on any atom is -0.507 e. The smallest absolute Gasteiger partial charge is 0.202 e. The number of ether oxygens (including phenoxy) is 2. The van der Waals surface area contributed by atoms with Gasteiger partial charge in [-0.2, -0.15) is 0 Å². The minimum atomic E-state index is -0.424. The largest absolute Gasteiger partial charge is 0.507 e. The Morgan fingerprint density at radius 2 is 2.05 bits per heavy atom. The first kappa shape index (κ1) is 13.9. The summed E-state index contributed by atoms with van der Waals surface area (Å²) in [7, 11) is 1.31. The molecule has 0 spiro atoms. The molecule has 0 aliphatic carbocycles. The van der Waals surface area contributed by atoms with Crippen molar-refractivity contribution in [2.45, 2.75) is 6.42 Å². The van der Waals surface area contributed by atoms with E-state index in [2.05, 4.69) is 0 Å². The lowest BCUT2D eigenvalue weighted by Gasteiger charge is -2.14. The molecule has 112 valence electrons. The van der Waals surface area contributed by atoms with Crippen LogP contribution in [0.1, 0.15) is 26.3 Å². The molecule has 0 unspecified atom stereocenters. The molecule has 0 fully saturated rings. The van der Waals surface area contributed by atoms with Crippen LogP contribution >= 0.6 is 0 Å². The Hall–Kier alpha value is -3.02. The number of hydrogen-bond donors (Lipinski definition) is 2. The Balaban J connectivity index is 2.30. The van der Waals surface area contributed by atoms with Gasteiger partial charge in [0.05, 0.1) is 12.7 Å². The van der Waals surface area contributed by atoms with E-state index in [1.807, 2.05) is 0 Å². The van der Waals surface area contributed by atoms with Crippen molar-refractivity contribution in [2.24, 2.45) is 0 Å². The van der Waals surface area contributed by atoms with E-state index in [0.717, 1.165) is 6.07 Å². The van der Waals surface area contributed by atoms with Crippen molar-refractivity contribution in [3.05, 3.63) is 41.0 Å². The number of carbonyl (C=O) groups is 2. The molecule has 0 radical (unpaired) electrons. The number of benzene rings is 2. The number of fused-ring (bicyclic) bond motifs is 2. The van der Waals surface area contributed by atoms with Crippen LogP contribution in [0.3, 0.4) is 0 Å². The monoisotopic (exact) mass is 300 g/mol. The van der Waals surface area contributed by atoms with Gasteiger partial charge < -0.3 is 19.7 Å². The summed E-state index contributed by atoms with van der Waals surface area (Å²) in [6.07, 6.45) is 0.550. The molecule has 6 nitrogen and oxygen atoms in total. The number of aromatic hydroxyl groups is 2. The molecular formula is C16H12O6. The maximum Gasteiger partial charge on any atom is 0.202 e. The minimum absolute atomic E-state index is 0.0314. The second-order valence-corrected chi connectivity index (χ2v) is 4.81. The van der Waals surface area contributed by atoms with E-state index in [9.17, 15) is 19.8 Å². The quantitative estimate of drug-likeness (QED) is 0.653. The molecule has 0 atom stereocenters. The summed E-state index contributed by atoms with van der Waals surface area (Å²) in [6, 6.07) is 5.97. The normalized spacial score (nSPS) is 12.7. The van der Waals surface area contributed by atoms with Crippen molar-refractivity contribution in [2.75, 3.05) is 7.11 Å². The van der Waals surface area contributed by atoms with Crippen LogP contribution in [0, 0.1) is 0 Å². The van der Waals surface area contributed by atoms with Crippen LogP contribution < -0.4 is 9.47 Å². The number of carbonyl (C=O) groups excluding carboxylic acids is 2. The third kappa shape index (κ3) is 1.96. The fourth-order valence-corrected chi connectivity index (χ4v) is 2.46. The Morgan fingerprint density at radius 3 is 2.73 bits per heavy atom. The zero-order valence-electron chi connectivity index (χ0n) is 11.6. The summed E-state index contributed by atoms with van der Waals surface area (Å²) in [5.41, 5.74) is 0.620. The van der Waals surface area contributed by atoms with Gasteiger partial charge in [0, 0.05) is 18.1 Å². The maximum absolute atomic E-state index is 12.4. The first-order chi connectivity index (χ1) is 10.6. The number of phenols is 2. The molecule has 2 N–H and O–H groups in total. The van der Waals surface area contributed by atoms with Gasteiger partial charge in [0.15, 0.2) is 23.6 Å². The van der Waals surface area contributed by atoms with Crippen LogP contribution in [0.4, 0.5) is 0 Å². The van der Waals surface area contributed by atoms with Gasteiger partial charge in [-0.05, 0) is 6.07 Å². The molecule has 1 heterocycles. The standard InChI is InChI=1S/C16H12O6/c1-21-12-6-11(19)13-10(18)5-8-3-2-4-9(7-17)15(8)22-16(13)14(12)20/h2-4,6-7,19-20H,5H2,1H3. The maximum atomic E-state index is 12.4. The van der Waals surface area contributed by atoms with Gasteiger partial charge in [-0.25, -0.2) is 0 Å². The molecule has 1 aliphatic heterocycles. The summed E-state index contributed by atoms with van der Waals surface area (Å²) in [4.78, 5) is 23.5. The van der Waals surface area contributed by atoms with Crippen LogP contribution in [0.5, 0.6) is 28.7 Å². The van der Waals surface area contributed by atoms with Gasteiger partial charge in [0.1, 0.15) is 17.1 Å². The van der Waals surface area contributed by atoms with E-state index < -0.39 is 11.5 Å². The molecule has 2 aromatic carbocycles. The second-order valence-electron chi connectivity index (χ2n) is 4.81. The van der Waals surface area contributed by atoms with Gasteiger partial charge in [-0.1, -0.05) is 12.1 Å². The van der Waals surface area contributed by atoms with Gasteiger partial charge in [0.2, 0.25) is 5.75 Å². The molecule has 3 rings (SSSR count). The lowest BCUT2D eigenvalue weighted by Crippen LogP contribution is -2.03. The number of aldehydes is 1. The number of ketones is 1. The molecule has 2 aromatic rings. The first-order valence-electron chi connectivity index (χ1n) is 6.47. The molecule has 0 saturated carbocycles. The average Bonchev–Trinajstić information content (AvgIpc) is 2.66. The highest BCUT2D eigenvalue weighted by molar-refractivity contribution is 6.05. The lowest BCUT2D eigenvalue weighted by molar-refractivity contribution is 0.0989. The highest BCUT2D eigenvalue weighted by Gasteiger charge is 2.30. The Morgan fingerprint density at radius 1 is 1.27 bits per heavy atom. The van der Waals surface area contributed by atoms with Gasteiger partial charge in [-0.3, -0.25) is 9.59 Å². The molecule has 0 aromatic heterocycles. The van der Waals surface area contributed by atoms with Gasteiger partial charge >= 0.3 is 0 Å². The molecule has 1 aliphatic rings. The Bertz CT molecular complexity index is 794. The molecular weight excluding hydrogens is 288 g/mol. The number of phenolic OH excluding ortho intramolecular Hbond substituents is 2. The van der Waals surface area contributed by atoms with Crippen LogP contribution in [-0.2, 0) is 6.42 Å². The van der Waals surface area contributed by atoms with Crippen molar-refractivity contribution >= 4 is 12.1 Å². The number of methoxy groups -OCH3 is 1. The molecule has 0 bridgehead atoms. The van der Waals surface area contributed by atoms with E-state index in [1.165, 1.54) is 7.11 Å². The molecule has 6 heteroatoms. The highest BCUT2D eigenvalue weighted by atomic mass is 16.5. The van der Waals surface area contributed by atoms with E-state index in [1.54, 1.807) is 18.2 Å². The van der Waals surface area contributed by atoms with E-state index in [4.69, 9.17) is 9.47 Å². The Kier molecular flexibility index (Phi) is 3.21. The number of hydrogen-bond acceptors (Lipinski definition) is 6. The Labute approximate surface area is 125 Å². The number of Topliss-reactive ketones (excluding diaryl/α,β-unsaturated/α-hetero) is 1. The van der Waals surface area contributed by atoms with Crippen molar-refractivity contribution < 1.29 is 29.3 Å². The predicted octanol–water partition coefficient (Wildman–Crippen LogP) is 2.45. The van der Waals surface area contributed by atoms with Crippen LogP contribution in [0.2, 0.25) is 0 Å². The van der Waals surface area contributed by atoms with Gasteiger partial charge in [0.25, 0.3) is 0 Å². The highest BCUT2D eigenvalue weighted by Crippen LogP contribution is 2.48. The lowest BCUT2D eigenvalue weighted by atomic mass is 10.0. The molecule has 0 amide bonds. The summed E-state index contributed by atoms with van der Waals surface area (Å²) >= 11 is 0.